The maximum atomic E-state index is 12.4. The van der Waals surface area contributed by atoms with Crippen LogP contribution >= 0.6 is 0 Å². The summed E-state index contributed by atoms with van der Waals surface area (Å²) in [6.45, 7) is 3.00. The largest absolute Gasteiger partial charge is 0.475 e. The molecule has 3 rings (SSSR count). The molecule has 6 nitrogen and oxygen atoms in total. The smallest absolute Gasteiger partial charge is 0.371 e. The van der Waals surface area contributed by atoms with Crippen molar-refractivity contribution in [2.24, 2.45) is 5.41 Å². The van der Waals surface area contributed by atoms with Gasteiger partial charge in [-0.1, -0.05) is 0 Å². The fourth-order valence-corrected chi connectivity index (χ4v) is 2.62. The highest BCUT2D eigenvalue weighted by molar-refractivity contribution is 5.98. The van der Waals surface area contributed by atoms with Crippen LogP contribution in [0.2, 0.25) is 0 Å². The lowest BCUT2D eigenvalue weighted by Gasteiger charge is -2.31. The molecule has 0 radical (unpaired) electrons. The van der Waals surface area contributed by atoms with Gasteiger partial charge in [-0.05, 0) is 44.0 Å². The molecule has 22 heavy (non-hydrogen) atoms. The lowest BCUT2D eigenvalue weighted by molar-refractivity contribution is -0.131. The second-order valence-electron chi connectivity index (χ2n) is 5.84. The number of carbonyl (C=O) groups is 2. The van der Waals surface area contributed by atoms with Gasteiger partial charge >= 0.3 is 5.97 Å². The third-order valence-corrected chi connectivity index (χ3v) is 3.97. The van der Waals surface area contributed by atoms with Crippen LogP contribution in [-0.4, -0.2) is 30.2 Å². The Morgan fingerprint density at radius 2 is 2.14 bits per heavy atom. The molecule has 0 bridgehead atoms. The van der Waals surface area contributed by atoms with E-state index in [1.807, 2.05) is 6.92 Å². The first kappa shape index (κ1) is 14.6. The average Bonchev–Trinajstić information content (AvgIpc) is 2.91. The van der Waals surface area contributed by atoms with Gasteiger partial charge in [-0.3, -0.25) is 4.79 Å². The van der Waals surface area contributed by atoms with Crippen LogP contribution in [0.15, 0.2) is 28.7 Å². The number of benzene rings is 1. The van der Waals surface area contributed by atoms with Gasteiger partial charge in [0.15, 0.2) is 0 Å². The second-order valence-corrected chi connectivity index (χ2v) is 5.84. The zero-order chi connectivity index (χ0) is 15.7. The highest BCUT2D eigenvalue weighted by Gasteiger charge is 2.35. The van der Waals surface area contributed by atoms with E-state index in [2.05, 4.69) is 5.32 Å². The van der Waals surface area contributed by atoms with E-state index in [9.17, 15) is 9.59 Å². The van der Waals surface area contributed by atoms with Gasteiger partial charge in [0.2, 0.25) is 11.7 Å². The summed E-state index contributed by atoms with van der Waals surface area (Å²) in [5.74, 6) is -1.33. The summed E-state index contributed by atoms with van der Waals surface area (Å²) in [6, 6.07) is 6.49. The Morgan fingerprint density at radius 3 is 2.82 bits per heavy atom. The van der Waals surface area contributed by atoms with E-state index >= 15 is 0 Å². The minimum absolute atomic E-state index is 0.0893. The molecule has 116 valence electrons. The van der Waals surface area contributed by atoms with Gasteiger partial charge in [0.1, 0.15) is 5.58 Å². The molecule has 1 fully saturated rings. The SMILES string of the molecule is C[C@@]1(C(=O)Nc2ccc3oc(C(=O)O)cc3c2)CCCOC1. The number of hydrogen-bond donors (Lipinski definition) is 2. The lowest BCUT2D eigenvalue weighted by atomic mass is 9.84. The van der Waals surface area contributed by atoms with E-state index in [-0.39, 0.29) is 11.7 Å². The maximum absolute atomic E-state index is 12.4. The molecule has 0 spiro atoms. The van der Waals surface area contributed by atoms with Gasteiger partial charge in [-0.25, -0.2) is 4.79 Å². The van der Waals surface area contributed by atoms with E-state index in [4.69, 9.17) is 14.3 Å². The molecule has 0 aliphatic carbocycles. The number of ether oxygens (including phenoxy) is 1. The van der Waals surface area contributed by atoms with E-state index in [0.29, 0.717) is 29.9 Å². The number of carboxylic acids is 1. The van der Waals surface area contributed by atoms with E-state index in [0.717, 1.165) is 12.8 Å². The summed E-state index contributed by atoms with van der Waals surface area (Å²) < 4.78 is 10.6. The predicted molar refractivity (Wildman–Crippen MR) is 80.0 cm³/mol. The van der Waals surface area contributed by atoms with E-state index < -0.39 is 11.4 Å². The van der Waals surface area contributed by atoms with Crippen molar-refractivity contribution in [3.05, 3.63) is 30.0 Å². The van der Waals surface area contributed by atoms with Crippen molar-refractivity contribution in [2.45, 2.75) is 19.8 Å². The van der Waals surface area contributed by atoms with Crippen molar-refractivity contribution in [1.29, 1.82) is 0 Å². The molecular weight excluding hydrogens is 286 g/mol. The van der Waals surface area contributed by atoms with Gasteiger partial charge in [0.05, 0.1) is 12.0 Å². The average molecular weight is 303 g/mol. The molecule has 1 saturated heterocycles. The minimum atomic E-state index is -1.12. The number of nitrogens with one attached hydrogen (secondary N) is 1. The van der Waals surface area contributed by atoms with Crippen LogP contribution in [0.25, 0.3) is 11.0 Å². The third kappa shape index (κ3) is 2.69. The molecule has 1 aliphatic heterocycles. The summed E-state index contributed by atoms with van der Waals surface area (Å²) in [7, 11) is 0. The van der Waals surface area contributed by atoms with E-state index in [1.54, 1.807) is 18.2 Å². The van der Waals surface area contributed by atoms with Crippen LogP contribution < -0.4 is 5.32 Å². The van der Waals surface area contributed by atoms with Crippen LogP contribution in [0.4, 0.5) is 5.69 Å². The maximum Gasteiger partial charge on any atom is 0.371 e. The van der Waals surface area contributed by atoms with Crippen molar-refractivity contribution in [1.82, 2.24) is 0 Å². The summed E-state index contributed by atoms with van der Waals surface area (Å²) in [5, 5.41) is 12.4. The Hall–Kier alpha value is -2.34. The Balaban J connectivity index is 1.81. The Morgan fingerprint density at radius 1 is 1.32 bits per heavy atom. The van der Waals surface area contributed by atoms with Crippen molar-refractivity contribution in [3.8, 4) is 0 Å². The molecule has 6 heteroatoms. The number of hydrogen-bond acceptors (Lipinski definition) is 4. The van der Waals surface area contributed by atoms with Crippen molar-refractivity contribution >= 4 is 28.5 Å². The van der Waals surface area contributed by atoms with Crippen molar-refractivity contribution in [2.75, 3.05) is 18.5 Å². The standard InChI is InChI=1S/C16H17NO5/c1-16(5-2-6-21-9-16)15(20)17-11-3-4-12-10(7-11)8-13(22-12)14(18)19/h3-4,7-8H,2,5-6,9H2,1H3,(H,17,20)(H,18,19)/t16-/m1/s1. The molecule has 0 saturated carbocycles. The molecular formula is C16H17NO5. The minimum Gasteiger partial charge on any atom is -0.475 e. The molecule has 1 aromatic heterocycles. The number of furan rings is 1. The fraction of sp³-hybridized carbons (Fsp3) is 0.375. The van der Waals surface area contributed by atoms with Crippen molar-refractivity contribution < 1.29 is 23.8 Å². The summed E-state index contributed by atoms with van der Waals surface area (Å²) >= 11 is 0. The van der Waals surface area contributed by atoms with Gasteiger partial charge in [-0.15, -0.1) is 0 Å². The normalized spacial score (nSPS) is 21.7. The van der Waals surface area contributed by atoms with Crippen LogP contribution in [0.3, 0.4) is 0 Å². The molecule has 1 atom stereocenters. The summed E-state index contributed by atoms with van der Waals surface area (Å²) in [6.07, 6.45) is 1.66. The first-order valence-corrected chi connectivity index (χ1v) is 7.14. The van der Waals surface area contributed by atoms with Crippen LogP contribution in [0.5, 0.6) is 0 Å². The van der Waals surface area contributed by atoms with Gasteiger partial charge in [0.25, 0.3) is 0 Å². The first-order chi connectivity index (χ1) is 10.5. The molecule has 0 unspecified atom stereocenters. The fourth-order valence-electron chi connectivity index (χ4n) is 2.62. The molecule has 2 heterocycles. The van der Waals surface area contributed by atoms with Crippen molar-refractivity contribution in [3.63, 3.8) is 0 Å². The quantitative estimate of drug-likeness (QED) is 0.910. The van der Waals surface area contributed by atoms with Gasteiger partial charge < -0.3 is 19.6 Å². The molecule has 1 aliphatic rings. The van der Waals surface area contributed by atoms with Crippen LogP contribution in [0, 0.1) is 5.41 Å². The van der Waals surface area contributed by atoms with E-state index in [1.165, 1.54) is 6.07 Å². The first-order valence-electron chi connectivity index (χ1n) is 7.14. The number of carboxylic acid groups (broad SMARTS) is 1. The number of amides is 1. The Labute approximate surface area is 127 Å². The summed E-state index contributed by atoms with van der Waals surface area (Å²) in [5.41, 5.74) is 0.556. The number of rotatable bonds is 3. The number of fused-ring (bicyclic) bond motifs is 1. The molecule has 2 N–H and O–H groups in total. The van der Waals surface area contributed by atoms with Gasteiger partial charge in [-0.2, -0.15) is 0 Å². The van der Waals surface area contributed by atoms with Crippen LogP contribution in [-0.2, 0) is 9.53 Å². The molecule has 1 aromatic carbocycles. The lowest BCUT2D eigenvalue weighted by Crippen LogP contribution is -2.40. The Bertz CT molecular complexity index is 727. The number of carbonyl (C=O) groups excluding carboxylic acids is 1. The molecule has 2 aromatic rings. The highest BCUT2D eigenvalue weighted by atomic mass is 16.5. The topological polar surface area (TPSA) is 88.8 Å². The van der Waals surface area contributed by atoms with Crippen LogP contribution in [0.1, 0.15) is 30.3 Å². The Kier molecular flexibility index (Phi) is 3.62. The monoisotopic (exact) mass is 303 g/mol. The zero-order valence-corrected chi connectivity index (χ0v) is 12.2. The highest BCUT2D eigenvalue weighted by Crippen LogP contribution is 2.30. The number of anilines is 1. The number of aromatic carboxylic acids is 1. The third-order valence-electron chi connectivity index (χ3n) is 3.97. The predicted octanol–water partition coefficient (Wildman–Crippen LogP) is 2.89. The zero-order valence-electron chi connectivity index (χ0n) is 12.2. The summed E-state index contributed by atoms with van der Waals surface area (Å²) in [4.78, 5) is 23.3. The second kappa shape index (κ2) is 5.46. The van der Waals surface area contributed by atoms with Gasteiger partial charge in [0, 0.05) is 17.7 Å². The molecule has 1 amide bonds.